The van der Waals surface area contributed by atoms with E-state index in [-0.39, 0.29) is 0 Å². The first-order valence-electron chi connectivity index (χ1n) is 16.4. The van der Waals surface area contributed by atoms with Gasteiger partial charge in [-0.25, -0.2) is 0 Å². The second-order valence-corrected chi connectivity index (χ2v) is 12.1. The average molecular weight is 660 g/mol. The summed E-state index contributed by atoms with van der Waals surface area (Å²) in [5, 5.41) is 50.4. The van der Waals surface area contributed by atoms with Crippen molar-refractivity contribution in [1.29, 1.82) is 26.3 Å². The van der Waals surface area contributed by atoms with Gasteiger partial charge in [-0.05, 0) is 99.6 Å². The Morgan fingerprint density at radius 2 is 0.481 bits per heavy atom. The summed E-state index contributed by atoms with van der Waals surface area (Å²) in [6, 6.07) is 58.8. The molecule has 0 atom stereocenters. The zero-order chi connectivity index (χ0) is 36.0. The van der Waals surface area contributed by atoms with Crippen molar-refractivity contribution in [3.05, 3.63) is 179 Å². The van der Waals surface area contributed by atoms with Crippen molar-refractivity contribution in [2.45, 2.75) is 0 Å². The summed E-state index contributed by atoms with van der Waals surface area (Å²) >= 11 is 0. The summed E-state index contributed by atoms with van der Waals surface area (Å²) < 4.78 is 0. The zero-order valence-corrected chi connectivity index (χ0v) is 27.7. The Morgan fingerprint density at radius 1 is 0.231 bits per heavy atom. The van der Waals surface area contributed by atoms with Crippen molar-refractivity contribution in [2.75, 3.05) is 0 Å². The minimum atomic E-state index is 0.432. The minimum Gasteiger partial charge on any atom is -0.192 e. The first kappa shape index (κ1) is 32.5. The lowest BCUT2D eigenvalue weighted by atomic mass is 9.88. The van der Waals surface area contributed by atoms with E-state index < -0.39 is 0 Å². The maximum Gasteiger partial charge on any atom is 0.0998 e. The van der Waals surface area contributed by atoms with Crippen LogP contribution in [0.1, 0.15) is 27.8 Å². The van der Waals surface area contributed by atoms with Crippen molar-refractivity contribution in [2.24, 2.45) is 0 Å². The standard InChI is InChI=1S/C47H25N5/c48-26-38-17-12-34(22-43(38)32-9-5-2-6-10-32)45-24-36(14-19-40(45)28-50)47-25-37(15-20-42(47)30-52)46-23-35(13-18-41(46)29-51)44-21-33(11-16-39(44)27-49)31-7-3-1-4-8-31/h1-25H. The Morgan fingerprint density at radius 3 is 0.788 bits per heavy atom. The van der Waals surface area contributed by atoms with Crippen LogP contribution in [0.2, 0.25) is 0 Å². The molecule has 0 aromatic heterocycles. The lowest BCUT2D eigenvalue weighted by Crippen LogP contribution is -1.93. The molecular formula is C47H25N5. The van der Waals surface area contributed by atoms with Crippen molar-refractivity contribution < 1.29 is 0 Å². The highest BCUT2D eigenvalue weighted by molar-refractivity contribution is 5.87. The van der Waals surface area contributed by atoms with Crippen LogP contribution in [0.15, 0.2) is 152 Å². The molecule has 0 aliphatic heterocycles. The molecule has 0 saturated carbocycles. The molecule has 0 unspecified atom stereocenters. The fourth-order valence-corrected chi connectivity index (χ4v) is 6.50. The SMILES string of the molecule is N#Cc1ccc(-c2ccccc2)cc1-c1ccc(C#N)c(-c2ccc(C#N)c(-c3ccc(C#N)c(-c4ccc(C#N)c(-c5ccccc5)c4)c3)c2)c1. The van der Waals surface area contributed by atoms with E-state index in [1.807, 2.05) is 127 Å². The molecule has 7 aromatic rings. The fraction of sp³-hybridized carbons (Fsp3) is 0. The molecule has 7 rings (SSSR count). The van der Waals surface area contributed by atoms with Gasteiger partial charge >= 0.3 is 0 Å². The molecule has 52 heavy (non-hydrogen) atoms. The Labute approximate surface area is 302 Å². The lowest BCUT2D eigenvalue weighted by Gasteiger charge is -2.14. The van der Waals surface area contributed by atoms with Gasteiger partial charge in [0.2, 0.25) is 0 Å². The highest BCUT2D eigenvalue weighted by atomic mass is 14.3. The van der Waals surface area contributed by atoms with Crippen LogP contribution in [0.4, 0.5) is 0 Å². The Hall–Kier alpha value is -8.01. The molecule has 0 aliphatic carbocycles. The summed E-state index contributed by atoms with van der Waals surface area (Å²) in [5.41, 5.74) is 11.7. The third-order valence-electron chi connectivity index (χ3n) is 9.14. The van der Waals surface area contributed by atoms with Gasteiger partial charge in [0.25, 0.3) is 0 Å². The first-order valence-corrected chi connectivity index (χ1v) is 16.4. The molecule has 0 fully saturated rings. The van der Waals surface area contributed by atoms with Gasteiger partial charge in [0.15, 0.2) is 0 Å². The van der Waals surface area contributed by atoms with Crippen LogP contribution in [0, 0.1) is 56.7 Å². The molecule has 238 valence electrons. The van der Waals surface area contributed by atoms with Gasteiger partial charge in [0.05, 0.1) is 58.2 Å². The van der Waals surface area contributed by atoms with Crippen molar-refractivity contribution in [3.63, 3.8) is 0 Å². The van der Waals surface area contributed by atoms with Crippen LogP contribution in [0.5, 0.6) is 0 Å². The summed E-state index contributed by atoms with van der Waals surface area (Å²) in [5.74, 6) is 0. The van der Waals surface area contributed by atoms with E-state index in [9.17, 15) is 26.3 Å². The highest BCUT2D eigenvalue weighted by Crippen LogP contribution is 2.38. The van der Waals surface area contributed by atoms with E-state index >= 15 is 0 Å². The summed E-state index contributed by atoms with van der Waals surface area (Å²) in [4.78, 5) is 0. The van der Waals surface area contributed by atoms with Gasteiger partial charge in [0, 0.05) is 27.8 Å². The molecule has 0 N–H and O–H groups in total. The minimum absolute atomic E-state index is 0.432. The normalized spacial score (nSPS) is 10.2. The molecule has 0 bridgehead atoms. The fourth-order valence-electron chi connectivity index (χ4n) is 6.50. The predicted molar refractivity (Wildman–Crippen MR) is 203 cm³/mol. The molecule has 0 aliphatic rings. The van der Waals surface area contributed by atoms with Crippen molar-refractivity contribution in [3.8, 4) is 97.1 Å². The second-order valence-electron chi connectivity index (χ2n) is 12.1. The number of benzene rings is 7. The predicted octanol–water partition coefficient (Wildman–Crippen LogP) is 11.0. The molecular weight excluding hydrogens is 635 g/mol. The Kier molecular flexibility index (Phi) is 8.90. The number of hydrogen-bond acceptors (Lipinski definition) is 5. The summed E-state index contributed by atoms with van der Waals surface area (Å²) in [6.45, 7) is 0. The van der Waals surface area contributed by atoms with Gasteiger partial charge in [-0.3, -0.25) is 0 Å². The quantitative estimate of drug-likeness (QED) is 0.176. The smallest absolute Gasteiger partial charge is 0.0998 e. The van der Waals surface area contributed by atoms with Crippen LogP contribution in [0.3, 0.4) is 0 Å². The molecule has 0 saturated heterocycles. The van der Waals surface area contributed by atoms with E-state index in [0.717, 1.165) is 50.1 Å². The van der Waals surface area contributed by atoms with E-state index in [1.165, 1.54) is 0 Å². The first-order chi connectivity index (χ1) is 25.5. The largest absolute Gasteiger partial charge is 0.192 e. The second kappa shape index (κ2) is 14.2. The molecule has 5 nitrogen and oxygen atoms in total. The van der Waals surface area contributed by atoms with E-state index in [2.05, 4.69) is 30.3 Å². The Balaban J connectivity index is 1.36. The van der Waals surface area contributed by atoms with Gasteiger partial charge < -0.3 is 0 Å². The molecule has 0 spiro atoms. The molecule has 5 heteroatoms. The van der Waals surface area contributed by atoms with Crippen LogP contribution in [0.25, 0.3) is 66.8 Å². The van der Waals surface area contributed by atoms with Gasteiger partial charge in [-0.15, -0.1) is 0 Å². The third kappa shape index (κ3) is 6.16. The number of nitriles is 5. The average Bonchev–Trinajstić information content (AvgIpc) is 3.23. The van der Waals surface area contributed by atoms with Crippen LogP contribution >= 0.6 is 0 Å². The van der Waals surface area contributed by atoms with Crippen molar-refractivity contribution >= 4 is 0 Å². The van der Waals surface area contributed by atoms with Crippen LogP contribution < -0.4 is 0 Å². The summed E-state index contributed by atoms with van der Waals surface area (Å²) in [7, 11) is 0. The molecule has 0 radical (unpaired) electrons. The van der Waals surface area contributed by atoms with E-state index in [0.29, 0.717) is 44.5 Å². The van der Waals surface area contributed by atoms with Crippen molar-refractivity contribution in [1.82, 2.24) is 0 Å². The molecule has 0 amide bonds. The molecule has 0 heterocycles. The van der Waals surface area contributed by atoms with E-state index in [1.54, 1.807) is 24.3 Å². The maximum absolute atomic E-state index is 10.2. The van der Waals surface area contributed by atoms with Crippen LogP contribution in [-0.4, -0.2) is 0 Å². The topological polar surface area (TPSA) is 119 Å². The van der Waals surface area contributed by atoms with E-state index in [4.69, 9.17) is 0 Å². The van der Waals surface area contributed by atoms with Gasteiger partial charge in [-0.1, -0.05) is 91.0 Å². The maximum atomic E-state index is 10.2. The number of rotatable bonds is 6. The number of hydrogen-bond donors (Lipinski definition) is 0. The molecule has 7 aromatic carbocycles. The summed E-state index contributed by atoms with van der Waals surface area (Å²) in [6.07, 6.45) is 0. The third-order valence-corrected chi connectivity index (χ3v) is 9.14. The highest BCUT2D eigenvalue weighted by Gasteiger charge is 2.17. The van der Waals surface area contributed by atoms with Gasteiger partial charge in [-0.2, -0.15) is 26.3 Å². The zero-order valence-electron chi connectivity index (χ0n) is 27.7. The Bertz CT molecular complexity index is 2730. The monoisotopic (exact) mass is 659 g/mol. The lowest BCUT2D eigenvalue weighted by molar-refractivity contribution is 1.44. The van der Waals surface area contributed by atoms with Gasteiger partial charge in [0.1, 0.15) is 0 Å². The van der Waals surface area contributed by atoms with Crippen LogP contribution in [-0.2, 0) is 0 Å². The number of nitrogens with zero attached hydrogens (tertiary/aromatic N) is 5.